The van der Waals surface area contributed by atoms with E-state index in [-0.39, 0.29) is 11.7 Å². The van der Waals surface area contributed by atoms with Crippen LogP contribution in [0.3, 0.4) is 0 Å². The minimum atomic E-state index is -0.929. The first-order valence-electron chi connectivity index (χ1n) is 9.80. The number of hydrogen-bond acceptors (Lipinski definition) is 4. The lowest BCUT2D eigenvalue weighted by molar-refractivity contribution is 0.0240. The van der Waals surface area contributed by atoms with Crippen molar-refractivity contribution in [2.24, 2.45) is 0 Å². The summed E-state index contributed by atoms with van der Waals surface area (Å²) in [5, 5.41) is 9.70. The van der Waals surface area contributed by atoms with Crippen molar-refractivity contribution in [2.75, 3.05) is 37.5 Å². The number of anilines is 1. The monoisotopic (exact) mass is 468 g/mol. The number of ether oxygens (including phenoxy) is 1. The third kappa shape index (κ3) is 9.94. The Hall–Kier alpha value is -2.44. The predicted molar refractivity (Wildman–Crippen MR) is 127 cm³/mol. The second-order valence-electron chi connectivity index (χ2n) is 7.60. The number of carbonyl (C=O) groups excluding carboxylic acids is 1. The Labute approximate surface area is 194 Å². The second kappa shape index (κ2) is 13.1. The van der Waals surface area contributed by atoms with Crippen molar-refractivity contribution in [3.63, 3.8) is 0 Å². The topological polar surface area (TPSA) is 70.1 Å². The van der Waals surface area contributed by atoms with Gasteiger partial charge in [0.15, 0.2) is 0 Å². The standard InChI is InChI=1S/C16H22N2O4.C6H5Cl.CH3Cl/c1-16(2,3)22-15(21)18-10-8-17(9-11-18)13-6-4-12(5-7-13)14(19)20;7-6-4-2-1-3-5-6;1-2/h4-7H,8-11H2,1-3H3,(H,19,20);1-5H;1H3. The van der Waals surface area contributed by atoms with Crippen molar-refractivity contribution < 1.29 is 19.4 Å². The number of benzene rings is 2. The van der Waals surface area contributed by atoms with Gasteiger partial charge in [-0.3, -0.25) is 0 Å². The van der Waals surface area contributed by atoms with Crippen molar-refractivity contribution >= 4 is 41.0 Å². The third-order valence-electron chi connectivity index (χ3n) is 4.14. The number of nitrogens with zero attached hydrogens (tertiary/aromatic N) is 2. The number of rotatable bonds is 2. The van der Waals surface area contributed by atoms with Gasteiger partial charge >= 0.3 is 12.1 Å². The SMILES string of the molecule is CC(C)(C)OC(=O)N1CCN(c2ccc(C(=O)O)cc2)CC1.CCl.Clc1ccccc1. The van der Waals surface area contributed by atoms with E-state index in [1.165, 1.54) is 6.38 Å². The summed E-state index contributed by atoms with van der Waals surface area (Å²) in [4.78, 5) is 26.7. The van der Waals surface area contributed by atoms with Gasteiger partial charge in [0, 0.05) is 43.3 Å². The van der Waals surface area contributed by atoms with Gasteiger partial charge < -0.3 is 19.6 Å². The first-order valence-corrected chi connectivity index (χ1v) is 10.9. The van der Waals surface area contributed by atoms with E-state index in [1.54, 1.807) is 29.2 Å². The van der Waals surface area contributed by atoms with Crippen LogP contribution in [0.5, 0.6) is 0 Å². The van der Waals surface area contributed by atoms with Crippen LogP contribution in [-0.4, -0.2) is 60.2 Å². The molecule has 2 aromatic carbocycles. The number of piperazine rings is 1. The Balaban J connectivity index is 0.000000447. The quantitative estimate of drug-likeness (QED) is 0.577. The number of halogens is 2. The minimum absolute atomic E-state index is 0.274. The average Bonchev–Trinajstić information content (AvgIpc) is 2.75. The van der Waals surface area contributed by atoms with E-state index in [4.69, 9.17) is 21.4 Å². The molecular weight excluding hydrogens is 439 g/mol. The fourth-order valence-electron chi connectivity index (χ4n) is 2.70. The lowest BCUT2D eigenvalue weighted by Gasteiger charge is -2.36. The van der Waals surface area contributed by atoms with Crippen molar-refractivity contribution in [1.29, 1.82) is 0 Å². The summed E-state index contributed by atoms with van der Waals surface area (Å²) in [7, 11) is 0. The van der Waals surface area contributed by atoms with Gasteiger partial charge in [-0.05, 0) is 57.2 Å². The summed E-state index contributed by atoms with van der Waals surface area (Å²) in [6.45, 7) is 8.14. The van der Waals surface area contributed by atoms with Gasteiger partial charge in [0.25, 0.3) is 0 Å². The Kier molecular flexibility index (Phi) is 11.2. The van der Waals surface area contributed by atoms with Gasteiger partial charge in [0.2, 0.25) is 0 Å². The average molecular weight is 469 g/mol. The van der Waals surface area contributed by atoms with Gasteiger partial charge in [-0.1, -0.05) is 29.8 Å². The Bertz CT molecular complexity index is 801. The second-order valence-corrected chi connectivity index (χ2v) is 8.04. The van der Waals surface area contributed by atoms with Crippen molar-refractivity contribution in [3.8, 4) is 0 Å². The molecule has 0 spiro atoms. The highest BCUT2D eigenvalue weighted by atomic mass is 35.5. The van der Waals surface area contributed by atoms with E-state index >= 15 is 0 Å². The molecule has 6 nitrogen and oxygen atoms in total. The van der Waals surface area contributed by atoms with Gasteiger partial charge in [0.05, 0.1) is 5.56 Å². The number of aromatic carboxylic acids is 1. The van der Waals surface area contributed by atoms with E-state index in [0.717, 1.165) is 10.7 Å². The first-order chi connectivity index (χ1) is 14.7. The highest BCUT2D eigenvalue weighted by Gasteiger charge is 2.25. The van der Waals surface area contributed by atoms with Crippen LogP contribution in [0, 0.1) is 0 Å². The van der Waals surface area contributed by atoms with E-state index in [2.05, 4.69) is 16.5 Å². The fourth-order valence-corrected chi connectivity index (χ4v) is 2.85. The lowest BCUT2D eigenvalue weighted by atomic mass is 10.2. The van der Waals surface area contributed by atoms with Crippen LogP contribution in [0.1, 0.15) is 31.1 Å². The molecule has 0 aromatic heterocycles. The predicted octanol–water partition coefficient (Wildman–Crippen LogP) is 5.64. The molecule has 0 unspecified atom stereocenters. The highest BCUT2D eigenvalue weighted by Crippen LogP contribution is 2.18. The summed E-state index contributed by atoms with van der Waals surface area (Å²) >= 11 is 10.2. The molecule has 1 heterocycles. The molecule has 1 N–H and O–H groups in total. The molecule has 31 heavy (non-hydrogen) atoms. The molecule has 0 radical (unpaired) electrons. The van der Waals surface area contributed by atoms with Crippen LogP contribution in [0.15, 0.2) is 54.6 Å². The molecule has 1 saturated heterocycles. The van der Waals surface area contributed by atoms with Crippen LogP contribution >= 0.6 is 23.2 Å². The summed E-state index contributed by atoms with van der Waals surface area (Å²) in [6, 6.07) is 16.2. The Morgan fingerprint density at radius 2 is 1.42 bits per heavy atom. The maximum atomic E-state index is 12.0. The molecule has 0 saturated carbocycles. The minimum Gasteiger partial charge on any atom is -0.478 e. The van der Waals surface area contributed by atoms with Crippen LogP contribution in [-0.2, 0) is 4.74 Å². The number of amides is 1. The number of carboxylic acid groups (broad SMARTS) is 1. The summed E-state index contributed by atoms with van der Waals surface area (Å²) in [6.07, 6.45) is 1.19. The van der Waals surface area contributed by atoms with E-state index in [1.807, 2.05) is 51.1 Å². The van der Waals surface area contributed by atoms with Gasteiger partial charge in [-0.25, -0.2) is 9.59 Å². The molecular formula is C23H30Cl2N2O4. The molecule has 0 atom stereocenters. The van der Waals surface area contributed by atoms with Crippen LogP contribution in [0.4, 0.5) is 10.5 Å². The summed E-state index contributed by atoms with van der Waals surface area (Å²) in [5.41, 5.74) is 0.755. The van der Waals surface area contributed by atoms with Crippen molar-refractivity contribution in [2.45, 2.75) is 26.4 Å². The summed E-state index contributed by atoms with van der Waals surface area (Å²) < 4.78 is 5.36. The van der Waals surface area contributed by atoms with Crippen molar-refractivity contribution in [1.82, 2.24) is 4.90 Å². The van der Waals surface area contributed by atoms with Gasteiger partial charge in [0.1, 0.15) is 5.60 Å². The maximum Gasteiger partial charge on any atom is 0.410 e. The molecule has 0 bridgehead atoms. The molecule has 1 aliphatic rings. The molecule has 1 aliphatic heterocycles. The Morgan fingerprint density at radius 1 is 0.903 bits per heavy atom. The molecule has 3 rings (SSSR count). The zero-order valence-electron chi connectivity index (χ0n) is 18.3. The van der Waals surface area contributed by atoms with E-state index in [9.17, 15) is 9.59 Å². The molecule has 8 heteroatoms. The van der Waals surface area contributed by atoms with Crippen LogP contribution < -0.4 is 4.90 Å². The van der Waals surface area contributed by atoms with Gasteiger partial charge in [-0.15, -0.1) is 11.6 Å². The molecule has 1 fully saturated rings. The largest absolute Gasteiger partial charge is 0.478 e. The summed E-state index contributed by atoms with van der Waals surface area (Å²) in [5.74, 6) is -0.929. The number of carbonyl (C=O) groups is 2. The number of alkyl halides is 1. The van der Waals surface area contributed by atoms with Gasteiger partial charge in [-0.2, -0.15) is 0 Å². The first kappa shape index (κ1) is 26.6. The van der Waals surface area contributed by atoms with E-state index < -0.39 is 11.6 Å². The molecule has 170 valence electrons. The number of carboxylic acids is 1. The zero-order valence-corrected chi connectivity index (χ0v) is 19.9. The third-order valence-corrected chi connectivity index (χ3v) is 4.40. The maximum absolute atomic E-state index is 12.0. The normalized spacial score (nSPS) is 13.2. The van der Waals surface area contributed by atoms with Crippen molar-refractivity contribution in [3.05, 3.63) is 65.2 Å². The molecule has 1 amide bonds. The molecule has 0 aliphatic carbocycles. The zero-order chi connectivity index (χ0) is 23.4. The molecule has 2 aromatic rings. The van der Waals surface area contributed by atoms with Crippen LogP contribution in [0.2, 0.25) is 5.02 Å². The number of hydrogen-bond donors (Lipinski definition) is 1. The van der Waals surface area contributed by atoms with E-state index in [0.29, 0.717) is 26.2 Å². The smallest absolute Gasteiger partial charge is 0.410 e. The lowest BCUT2D eigenvalue weighted by Crippen LogP contribution is -2.50. The Morgan fingerprint density at radius 3 is 1.81 bits per heavy atom. The highest BCUT2D eigenvalue weighted by molar-refractivity contribution is 6.30. The van der Waals surface area contributed by atoms with Crippen LogP contribution in [0.25, 0.3) is 0 Å². The fraction of sp³-hybridized carbons (Fsp3) is 0.391.